The number of carbonyl (C=O) groups excluding carboxylic acids is 1. The van der Waals surface area contributed by atoms with Crippen LogP contribution in [-0.2, 0) is 11.3 Å². The first-order valence-corrected chi connectivity index (χ1v) is 5.88. The third-order valence-corrected chi connectivity index (χ3v) is 2.48. The summed E-state index contributed by atoms with van der Waals surface area (Å²) < 4.78 is 0. The minimum absolute atomic E-state index is 0.260. The van der Waals surface area contributed by atoms with Crippen molar-refractivity contribution in [3.63, 3.8) is 0 Å². The van der Waals surface area contributed by atoms with Crippen LogP contribution < -0.4 is 5.73 Å². The van der Waals surface area contributed by atoms with E-state index in [0.717, 1.165) is 5.56 Å². The Morgan fingerprint density at radius 3 is 2.21 bits per heavy atom. The molecule has 0 bridgehead atoms. The normalized spacial score (nSPS) is 11.1. The number of hydrogen-bond donors (Lipinski definition) is 1. The number of nitrogens with zero attached hydrogens (tertiary/aromatic N) is 1. The van der Waals surface area contributed by atoms with Crippen LogP contribution in [0.5, 0.6) is 0 Å². The van der Waals surface area contributed by atoms with Crippen LogP contribution in [0.25, 0.3) is 0 Å². The van der Waals surface area contributed by atoms with Crippen molar-refractivity contribution in [2.24, 2.45) is 10.9 Å². The molecule has 4 heteroatoms. The van der Waals surface area contributed by atoms with Crippen molar-refractivity contribution >= 4 is 11.8 Å². The zero-order valence-corrected chi connectivity index (χ0v) is 10.3. The summed E-state index contributed by atoms with van der Waals surface area (Å²) in [5.41, 5.74) is 7.16. The van der Waals surface area contributed by atoms with Gasteiger partial charge in [0.25, 0.3) is 0 Å². The maximum atomic E-state index is 11.6. The van der Waals surface area contributed by atoms with Crippen LogP contribution in [-0.4, -0.2) is 11.8 Å². The van der Waals surface area contributed by atoms with Crippen molar-refractivity contribution in [1.82, 2.24) is 0 Å². The summed E-state index contributed by atoms with van der Waals surface area (Å²) in [7, 11) is 0. The first-order valence-electron chi connectivity index (χ1n) is 5.88. The number of hydrogen-bond acceptors (Lipinski definition) is 3. The summed E-state index contributed by atoms with van der Waals surface area (Å²) in [4.78, 5) is 16.4. The molecule has 2 rings (SSSR count). The highest BCUT2D eigenvalue weighted by atomic mass is 16.7. The van der Waals surface area contributed by atoms with Gasteiger partial charge < -0.3 is 10.6 Å². The van der Waals surface area contributed by atoms with Gasteiger partial charge in [-0.25, -0.2) is 4.79 Å². The molecule has 0 radical (unpaired) electrons. The average molecular weight is 254 g/mol. The molecule has 0 fully saturated rings. The van der Waals surface area contributed by atoms with E-state index in [9.17, 15) is 4.79 Å². The van der Waals surface area contributed by atoms with Gasteiger partial charge in [0.2, 0.25) is 0 Å². The van der Waals surface area contributed by atoms with Crippen molar-refractivity contribution in [2.45, 2.75) is 6.42 Å². The standard InChI is InChI=1S/C15H14N2O2/c16-14(11-12-7-3-1-4-8-12)17-19-15(18)13-9-5-2-6-10-13/h1-10H,11H2,(H2,16,17). The second-order valence-electron chi connectivity index (χ2n) is 3.99. The lowest BCUT2D eigenvalue weighted by atomic mass is 10.1. The van der Waals surface area contributed by atoms with Crippen LogP contribution in [0.1, 0.15) is 15.9 Å². The van der Waals surface area contributed by atoms with E-state index >= 15 is 0 Å². The molecule has 0 heterocycles. The number of oxime groups is 1. The van der Waals surface area contributed by atoms with E-state index in [1.807, 2.05) is 36.4 Å². The summed E-state index contributed by atoms with van der Waals surface area (Å²) in [6.45, 7) is 0. The van der Waals surface area contributed by atoms with Gasteiger partial charge in [-0.15, -0.1) is 0 Å². The van der Waals surface area contributed by atoms with Gasteiger partial charge in [-0.1, -0.05) is 53.7 Å². The first kappa shape index (κ1) is 12.8. The summed E-state index contributed by atoms with van der Waals surface area (Å²) in [6, 6.07) is 18.3. The highest BCUT2D eigenvalue weighted by molar-refractivity contribution is 5.90. The van der Waals surface area contributed by atoms with E-state index in [-0.39, 0.29) is 5.84 Å². The van der Waals surface area contributed by atoms with E-state index in [2.05, 4.69) is 5.16 Å². The number of rotatable bonds is 4. The molecular formula is C15H14N2O2. The maximum Gasteiger partial charge on any atom is 0.365 e. The molecule has 0 atom stereocenters. The van der Waals surface area contributed by atoms with Crippen molar-refractivity contribution < 1.29 is 9.63 Å². The molecule has 0 spiro atoms. The lowest BCUT2D eigenvalue weighted by Gasteiger charge is -2.01. The highest BCUT2D eigenvalue weighted by Crippen LogP contribution is 2.02. The van der Waals surface area contributed by atoms with Gasteiger partial charge in [0.05, 0.1) is 5.56 Å². The molecule has 96 valence electrons. The van der Waals surface area contributed by atoms with Crippen LogP contribution in [0.15, 0.2) is 65.8 Å². The minimum Gasteiger partial charge on any atom is -0.384 e. The molecule has 0 aliphatic heterocycles. The fourth-order valence-corrected chi connectivity index (χ4v) is 1.56. The smallest absolute Gasteiger partial charge is 0.365 e. The SMILES string of the molecule is N/C(Cc1ccccc1)=N\OC(=O)c1ccccc1. The van der Waals surface area contributed by atoms with E-state index in [1.165, 1.54) is 0 Å². The lowest BCUT2D eigenvalue weighted by Crippen LogP contribution is -2.16. The van der Waals surface area contributed by atoms with Crippen LogP contribution in [0, 0.1) is 0 Å². The van der Waals surface area contributed by atoms with Crippen LogP contribution >= 0.6 is 0 Å². The molecular weight excluding hydrogens is 240 g/mol. The van der Waals surface area contributed by atoms with E-state index < -0.39 is 5.97 Å². The zero-order valence-electron chi connectivity index (χ0n) is 10.3. The summed E-state index contributed by atoms with van der Waals surface area (Å²) in [5, 5.41) is 3.64. The fourth-order valence-electron chi connectivity index (χ4n) is 1.56. The van der Waals surface area contributed by atoms with Gasteiger partial charge in [0.1, 0.15) is 5.84 Å². The summed E-state index contributed by atoms with van der Waals surface area (Å²) in [5.74, 6) is -0.257. The largest absolute Gasteiger partial charge is 0.384 e. The predicted molar refractivity (Wildman–Crippen MR) is 73.6 cm³/mol. The van der Waals surface area contributed by atoms with Gasteiger partial charge >= 0.3 is 5.97 Å². The Balaban J connectivity index is 1.93. The van der Waals surface area contributed by atoms with E-state index in [0.29, 0.717) is 12.0 Å². The second kappa shape index (κ2) is 6.35. The van der Waals surface area contributed by atoms with Crippen LogP contribution in [0.4, 0.5) is 0 Å². The first-order chi connectivity index (χ1) is 9.25. The van der Waals surface area contributed by atoms with Gasteiger partial charge in [-0.05, 0) is 17.7 Å². The Labute approximate surface area is 111 Å². The molecule has 0 aliphatic rings. The molecule has 0 unspecified atom stereocenters. The number of nitrogens with two attached hydrogens (primary N) is 1. The third-order valence-electron chi connectivity index (χ3n) is 2.48. The molecule has 0 aliphatic carbocycles. The molecule has 2 N–H and O–H groups in total. The van der Waals surface area contributed by atoms with Crippen LogP contribution in [0.2, 0.25) is 0 Å². The van der Waals surface area contributed by atoms with Crippen molar-refractivity contribution in [2.75, 3.05) is 0 Å². The van der Waals surface area contributed by atoms with E-state index in [4.69, 9.17) is 10.6 Å². The average Bonchev–Trinajstić information content (AvgIpc) is 2.47. The Morgan fingerprint density at radius 2 is 1.58 bits per heavy atom. The predicted octanol–water partition coefficient (Wildman–Crippen LogP) is 2.36. The van der Waals surface area contributed by atoms with Gasteiger partial charge in [-0.3, -0.25) is 0 Å². The molecule has 0 amide bonds. The molecule has 19 heavy (non-hydrogen) atoms. The molecule has 0 aromatic heterocycles. The molecule has 2 aromatic carbocycles. The second-order valence-corrected chi connectivity index (χ2v) is 3.99. The Hall–Kier alpha value is -2.62. The van der Waals surface area contributed by atoms with Crippen molar-refractivity contribution in [1.29, 1.82) is 0 Å². The Kier molecular flexibility index (Phi) is 4.29. The molecule has 0 saturated carbocycles. The van der Waals surface area contributed by atoms with Crippen molar-refractivity contribution in [3.05, 3.63) is 71.8 Å². The van der Waals surface area contributed by atoms with Crippen LogP contribution in [0.3, 0.4) is 0 Å². The van der Waals surface area contributed by atoms with E-state index in [1.54, 1.807) is 24.3 Å². The molecule has 2 aromatic rings. The molecule has 0 saturated heterocycles. The van der Waals surface area contributed by atoms with Crippen molar-refractivity contribution in [3.8, 4) is 0 Å². The quantitative estimate of drug-likeness (QED) is 0.394. The van der Waals surface area contributed by atoms with Gasteiger partial charge in [0.15, 0.2) is 0 Å². The number of carbonyl (C=O) groups is 1. The minimum atomic E-state index is -0.517. The number of benzene rings is 2. The monoisotopic (exact) mass is 254 g/mol. The van der Waals surface area contributed by atoms with Gasteiger partial charge in [-0.2, -0.15) is 0 Å². The lowest BCUT2D eigenvalue weighted by molar-refractivity contribution is 0.0515. The van der Waals surface area contributed by atoms with Gasteiger partial charge in [0, 0.05) is 6.42 Å². The molecule has 4 nitrogen and oxygen atoms in total. The fraction of sp³-hybridized carbons (Fsp3) is 0.0667. The maximum absolute atomic E-state index is 11.6. The number of amidine groups is 1. The Bertz CT molecular complexity index is 565. The highest BCUT2D eigenvalue weighted by Gasteiger charge is 2.06. The summed E-state index contributed by atoms with van der Waals surface area (Å²) >= 11 is 0. The summed E-state index contributed by atoms with van der Waals surface area (Å²) in [6.07, 6.45) is 0.447. The third kappa shape index (κ3) is 3.96. The topological polar surface area (TPSA) is 64.7 Å². The Morgan fingerprint density at radius 1 is 1.00 bits per heavy atom. The zero-order chi connectivity index (χ0) is 13.5.